The van der Waals surface area contributed by atoms with Crippen LogP contribution in [0.15, 0.2) is 48.7 Å². The lowest BCUT2D eigenvalue weighted by Gasteiger charge is -2.34. The fourth-order valence-corrected chi connectivity index (χ4v) is 4.74. The van der Waals surface area contributed by atoms with E-state index >= 15 is 0 Å². The minimum absolute atomic E-state index is 0.0466. The van der Waals surface area contributed by atoms with Crippen molar-refractivity contribution in [3.63, 3.8) is 0 Å². The summed E-state index contributed by atoms with van der Waals surface area (Å²) in [6.07, 6.45) is 4.55. The molecule has 0 bridgehead atoms. The molecule has 1 saturated heterocycles. The van der Waals surface area contributed by atoms with E-state index in [0.717, 1.165) is 57.9 Å². The van der Waals surface area contributed by atoms with Crippen LogP contribution in [0, 0.1) is 6.92 Å². The van der Waals surface area contributed by atoms with Gasteiger partial charge in [-0.25, -0.2) is 9.78 Å². The van der Waals surface area contributed by atoms with Crippen molar-refractivity contribution in [1.29, 1.82) is 0 Å². The highest BCUT2D eigenvalue weighted by molar-refractivity contribution is 6.00. The van der Waals surface area contributed by atoms with Gasteiger partial charge >= 0.3 is 6.09 Å². The van der Waals surface area contributed by atoms with Crippen molar-refractivity contribution in [2.24, 2.45) is 0 Å². The van der Waals surface area contributed by atoms with Gasteiger partial charge in [-0.1, -0.05) is 38.0 Å². The highest BCUT2D eigenvalue weighted by atomic mass is 16.6. The Labute approximate surface area is 210 Å². The molecule has 1 aliphatic heterocycles. The smallest absolute Gasteiger partial charge is 0.409 e. The summed E-state index contributed by atoms with van der Waals surface area (Å²) >= 11 is 0. The van der Waals surface area contributed by atoms with Crippen molar-refractivity contribution in [1.82, 2.24) is 25.0 Å². The van der Waals surface area contributed by atoms with Crippen LogP contribution < -0.4 is 0 Å². The number of aryl methyl sites for hydroxylation is 1. The lowest BCUT2D eigenvalue weighted by atomic mass is 10.0. The molecule has 1 fully saturated rings. The van der Waals surface area contributed by atoms with Crippen LogP contribution in [0.1, 0.15) is 42.1 Å². The minimum atomic E-state index is -0.288. The van der Waals surface area contributed by atoms with Crippen LogP contribution in [0.25, 0.3) is 33.1 Å². The average Bonchev–Trinajstić information content (AvgIpc) is 3.39. The number of hydrogen-bond donors (Lipinski definition) is 1. The van der Waals surface area contributed by atoms with Crippen LogP contribution in [0.3, 0.4) is 0 Å². The number of amides is 2. The number of carbonyl (C=O) groups is 2. The Morgan fingerprint density at radius 3 is 2.61 bits per heavy atom. The molecule has 36 heavy (non-hydrogen) atoms. The van der Waals surface area contributed by atoms with Gasteiger partial charge in [0.1, 0.15) is 0 Å². The summed E-state index contributed by atoms with van der Waals surface area (Å²) in [5.41, 5.74) is 5.29. The van der Waals surface area contributed by atoms with Crippen LogP contribution in [-0.2, 0) is 4.74 Å². The Bertz CT molecular complexity index is 1410. The molecular weight excluding hydrogens is 454 g/mol. The highest BCUT2D eigenvalue weighted by Crippen LogP contribution is 2.30. The molecule has 1 aliphatic rings. The molecule has 2 aromatic carbocycles. The van der Waals surface area contributed by atoms with Crippen LogP contribution in [0.4, 0.5) is 4.79 Å². The molecule has 5 rings (SSSR count). The van der Waals surface area contributed by atoms with Gasteiger partial charge in [-0.05, 0) is 43.2 Å². The van der Waals surface area contributed by atoms with E-state index in [4.69, 9.17) is 9.72 Å². The number of ether oxygens (including phenoxy) is 1. The van der Waals surface area contributed by atoms with Crippen molar-refractivity contribution < 1.29 is 14.3 Å². The third-order valence-corrected chi connectivity index (χ3v) is 6.82. The molecule has 8 nitrogen and oxygen atoms in total. The first-order valence-corrected chi connectivity index (χ1v) is 12.6. The van der Waals surface area contributed by atoms with Crippen molar-refractivity contribution in [3.05, 3.63) is 59.8 Å². The molecule has 4 aromatic rings. The zero-order chi connectivity index (χ0) is 25.1. The number of unbranched alkanes of at least 4 members (excludes halogenated alkanes) is 2. The molecule has 0 saturated carbocycles. The monoisotopic (exact) mass is 485 g/mol. The van der Waals surface area contributed by atoms with Gasteiger partial charge in [-0.15, -0.1) is 0 Å². The van der Waals surface area contributed by atoms with Crippen molar-refractivity contribution in [2.75, 3.05) is 32.8 Å². The average molecular weight is 486 g/mol. The first-order valence-electron chi connectivity index (χ1n) is 12.6. The van der Waals surface area contributed by atoms with Gasteiger partial charge in [0.05, 0.1) is 29.5 Å². The summed E-state index contributed by atoms with van der Waals surface area (Å²) in [5.74, 6) is -0.0466. The summed E-state index contributed by atoms with van der Waals surface area (Å²) in [5, 5.41) is 9.20. The molecule has 0 aliphatic carbocycles. The van der Waals surface area contributed by atoms with Gasteiger partial charge in [0, 0.05) is 48.1 Å². The Balaban J connectivity index is 1.32. The summed E-state index contributed by atoms with van der Waals surface area (Å²) < 4.78 is 5.36. The number of H-pyrrole nitrogens is 1. The summed E-state index contributed by atoms with van der Waals surface area (Å²) in [7, 11) is 0. The number of nitrogens with one attached hydrogen (secondary N) is 1. The van der Waals surface area contributed by atoms with Crippen LogP contribution >= 0.6 is 0 Å². The van der Waals surface area contributed by atoms with E-state index in [1.807, 2.05) is 42.6 Å². The number of fused-ring (bicyclic) bond motifs is 2. The normalized spacial score (nSPS) is 13.9. The predicted octanol–water partition coefficient (Wildman–Crippen LogP) is 5.17. The Morgan fingerprint density at radius 1 is 1.00 bits per heavy atom. The lowest BCUT2D eigenvalue weighted by Crippen LogP contribution is -2.50. The molecule has 2 amide bonds. The number of hydrogen-bond acceptors (Lipinski definition) is 5. The molecule has 3 heterocycles. The molecule has 186 valence electrons. The highest BCUT2D eigenvalue weighted by Gasteiger charge is 2.26. The van der Waals surface area contributed by atoms with E-state index in [0.29, 0.717) is 38.3 Å². The van der Waals surface area contributed by atoms with Gasteiger partial charge in [0.25, 0.3) is 5.91 Å². The molecule has 0 unspecified atom stereocenters. The van der Waals surface area contributed by atoms with Crippen molar-refractivity contribution in [2.45, 2.75) is 33.1 Å². The number of aromatic nitrogens is 3. The molecule has 2 aromatic heterocycles. The van der Waals surface area contributed by atoms with E-state index in [1.54, 1.807) is 9.80 Å². The lowest BCUT2D eigenvalue weighted by molar-refractivity contribution is 0.0557. The molecule has 1 N–H and O–H groups in total. The Kier molecular flexibility index (Phi) is 6.84. The number of aromatic amines is 1. The molecule has 0 atom stereocenters. The van der Waals surface area contributed by atoms with Gasteiger partial charge in [-0.3, -0.25) is 9.89 Å². The first kappa shape index (κ1) is 23.8. The zero-order valence-corrected chi connectivity index (χ0v) is 20.8. The number of pyridine rings is 1. The molecule has 0 spiro atoms. The first-order chi connectivity index (χ1) is 17.5. The van der Waals surface area contributed by atoms with E-state index in [1.165, 1.54) is 0 Å². The van der Waals surface area contributed by atoms with E-state index in [2.05, 4.69) is 30.1 Å². The minimum Gasteiger partial charge on any atom is -0.449 e. The standard InChI is InChI=1S/C28H31N5O3/c1-3-4-5-15-36-28(35)33-13-11-32(12-14-33)27(34)20-9-10-21-19(2)16-25(30-26(21)17-20)22-7-6-8-24-23(22)18-29-31-24/h6-10,16-18H,3-5,11-15H2,1-2H3,(H,29,31). The summed E-state index contributed by atoms with van der Waals surface area (Å²) in [6.45, 7) is 6.54. The molecule has 0 radical (unpaired) electrons. The SMILES string of the molecule is CCCCCOC(=O)N1CCN(C(=O)c2ccc3c(C)cc(-c4cccc5[nH]ncc45)nc3c2)CC1. The van der Waals surface area contributed by atoms with Crippen LogP contribution in [0.2, 0.25) is 0 Å². The fraction of sp³-hybridized carbons (Fsp3) is 0.357. The van der Waals surface area contributed by atoms with Gasteiger partial charge in [0.2, 0.25) is 0 Å². The second-order valence-electron chi connectivity index (χ2n) is 9.29. The second-order valence-corrected chi connectivity index (χ2v) is 9.29. The second kappa shape index (κ2) is 10.4. The van der Waals surface area contributed by atoms with Crippen LogP contribution in [0.5, 0.6) is 0 Å². The zero-order valence-electron chi connectivity index (χ0n) is 20.8. The number of carbonyl (C=O) groups excluding carboxylic acids is 2. The largest absolute Gasteiger partial charge is 0.449 e. The topological polar surface area (TPSA) is 91.4 Å². The number of rotatable bonds is 6. The quantitative estimate of drug-likeness (QED) is 0.381. The number of piperazine rings is 1. The summed E-state index contributed by atoms with van der Waals surface area (Å²) in [6, 6.07) is 13.8. The Hall–Kier alpha value is -3.94. The Morgan fingerprint density at radius 2 is 1.81 bits per heavy atom. The van der Waals surface area contributed by atoms with Crippen molar-refractivity contribution >= 4 is 33.8 Å². The number of benzene rings is 2. The predicted molar refractivity (Wildman–Crippen MR) is 140 cm³/mol. The van der Waals surface area contributed by atoms with Gasteiger partial charge in [-0.2, -0.15) is 5.10 Å². The van der Waals surface area contributed by atoms with E-state index in [9.17, 15) is 9.59 Å². The molecular formula is C28H31N5O3. The van der Waals surface area contributed by atoms with E-state index < -0.39 is 0 Å². The van der Waals surface area contributed by atoms with Gasteiger partial charge < -0.3 is 14.5 Å². The van der Waals surface area contributed by atoms with Crippen LogP contribution in [-0.4, -0.2) is 69.8 Å². The van der Waals surface area contributed by atoms with Crippen molar-refractivity contribution in [3.8, 4) is 11.3 Å². The molecule has 8 heteroatoms. The number of nitrogens with zero attached hydrogens (tertiary/aromatic N) is 4. The maximum atomic E-state index is 13.3. The third-order valence-electron chi connectivity index (χ3n) is 6.82. The fourth-order valence-electron chi connectivity index (χ4n) is 4.74. The maximum Gasteiger partial charge on any atom is 0.409 e. The summed E-state index contributed by atoms with van der Waals surface area (Å²) in [4.78, 5) is 34.0. The van der Waals surface area contributed by atoms with E-state index in [-0.39, 0.29) is 12.0 Å². The van der Waals surface area contributed by atoms with Gasteiger partial charge in [0.15, 0.2) is 0 Å². The third kappa shape index (κ3) is 4.76. The maximum absolute atomic E-state index is 13.3.